The number of carbonyl (C=O) groups is 1. The van der Waals surface area contributed by atoms with Gasteiger partial charge in [-0.2, -0.15) is 0 Å². The Bertz CT molecular complexity index is 407. The molecule has 2 aliphatic rings. The maximum absolute atomic E-state index is 11.4. The van der Waals surface area contributed by atoms with E-state index in [-0.39, 0.29) is 5.41 Å². The van der Waals surface area contributed by atoms with Gasteiger partial charge in [0.05, 0.1) is 0 Å². The highest BCUT2D eigenvalue weighted by Gasteiger charge is 2.43. The lowest BCUT2D eigenvalue weighted by Gasteiger charge is -2.38. The highest BCUT2D eigenvalue weighted by Crippen LogP contribution is 2.53. The standard InChI is InChI=1S/C15H22O2/c1-5-9-6-10-8-12(11(10)7-9)13(14(16)17)15(2,3)4/h7,10-11H,5-6,8H2,1-4H3,(H,16,17)/t10-,11-/m0/s1. The Morgan fingerprint density at radius 3 is 2.53 bits per heavy atom. The second kappa shape index (κ2) is 4.01. The van der Waals surface area contributed by atoms with Gasteiger partial charge in [-0.25, -0.2) is 4.79 Å². The second-order valence-electron chi connectivity index (χ2n) is 6.33. The normalized spacial score (nSPS) is 30.5. The first-order valence-corrected chi connectivity index (χ1v) is 6.51. The van der Waals surface area contributed by atoms with Crippen LogP contribution in [0.1, 0.15) is 47.0 Å². The Labute approximate surface area is 103 Å². The fourth-order valence-electron chi connectivity index (χ4n) is 3.23. The predicted octanol–water partition coefficient (Wildman–Crippen LogP) is 3.79. The average Bonchev–Trinajstić information content (AvgIpc) is 2.49. The molecule has 0 aromatic rings. The Hall–Kier alpha value is -1.05. The van der Waals surface area contributed by atoms with Crippen molar-refractivity contribution in [1.29, 1.82) is 0 Å². The molecule has 17 heavy (non-hydrogen) atoms. The molecule has 0 aromatic heterocycles. The van der Waals surface area contributed by atoms with Crippen molar-refractivity contribution in [1.82, 2.24) is 0 Å². The van der Waals surface area contributed by atoms with Gasteiger partial charge in [-0.3, -0.25) is 0 Å². The van der Waals surface area contributed by atoms with Crippen LogP contribution in [-0.4, -0.2) is 11.1 Å². The van der Waals surface area contributed by atoms with E-state index in [9.17, 15) is 9.90 Å². The van der Waals surface area contributed by atoms with Crippen molar-refractivity contribution in [2.24, 2.45) is 17.3 Å². The Morgan fingerprint density at radius 2 is 2.06 bits per heavy atom. The van der Waals surface area contributed by atoms with Crippen LogP contribution in [0.5, 0.6) is 0 Å². The lowest BCUT2D eigenvalue weighted by atomic mass is 9.65. The smallest absolute Gasteiger partial charge is 0.332 e. The van der Waals surface area contributed by atoms with Crippen molar-refractivity contribution in [3.05, 3.63) is 22.8 Å². The molecule has 0 spiro atoms. The molecule has 0 aliphatic heterocycles. The van der Waals surface area contributed by atoms with Crippen LogP contribution in [0.15, 0.2) is 22.8 Å². The van der Waals surface area contributed by atoms with Crippen LogP contribution in [0.3, 0.4) is 0 Å². The first-order chi connectivity index (χ1) is 7.84. The Balaban J connectivity index is 2.34. The Morgan fingerprint density at radius 1 is 1.41 bits per heavy atom. The van der Waals surface area contributed by atoms with Crippen LogP contribution in [0.4, 0.5) is 0 Å². The van der Waals surface area contributed by atoms with Crippen LogP contribution in [-0.2, 0) is 4.79 Å². The molecular weight excluding hydrogens is 212 g/mol. The predicted molar refractivity (Wildman–Crippen MR) is 68.7 cm³/mol. The monoisotopic (exact) mass is 234 g/mol. The number of hydrogen-bond donors (Lipinski definition) is 1. The number of carboxylic acids is 1. The summed E-state index contributed by atoms with van der Waals surface area (Å²) >= 11 is 0. The third-order valence-electron chi connectivity index (χ3n) is 4.07. The van der Waals surface area contributed by atoms with Crippen LogP contribution < -0.4 is 0 Å². The van der Waals surface area contributed by atoms with Crippen LogP contribution in [0, 0.1) is 17.3 Å². The highest BCUT2D eigenvalue weighted by atomic mass is 16.4. The number of allylic oxidation sites excluding steroid dienone is 3. The molecule has 0 unspecified atom stereocenters. The number of fused-ring (bicyclic) bond motifs is 1. The second-order valence-corrected chi connectivity index (χ2v) is 6.33. The van der Waals surface area contributed by atoms with E-state index in [0.717, 1.165) is 12.8 Å². The van der Waals surface area contributed by atoms with E-state index in [1.807, 2.05) is 20.8 Å². The van der Waals surface area contributed by atoms with Crippen molar-refractivity contribution >= 4 is 5.97 Å². The van der Waals surface area contributed by atoms with Gasteiger partial charge in [-0.1, -0.05) is 44.9 Å². The van der Waals surface area contributed by atoms with Gasteiger partial charge < -0.3 is 5.11 Å². The summed E-state index contributed by atoms with van der Waals surface area (Å²) in [7, 11) is 0. The number of rotatable bonds is 2. The van der Waals surface area contributed by atoms with Crippen molar-refractivity contribution in [2.75, 3.05) is 0 Å². The SMILES string of the molecule is CCC1=C[C@@H]2C(=C(C(=O)O)C(C)(C)C)C[C@@H]2C1. The van der Waals surface area contributed by atoms with Gasteiger partial charge in [-0.05, 0) is 30.6 Å². The van der Waals surface area contributed by atoms with Crippen LogP contribution in [0.2, 0.25) is 0 Å². The third kappa shape index (κ3) is 2.05. The van der Waals surface area contributed by atoms with E-state index in [1.165, 1.54) is 17.6 Å². The van der Waals surface area contributed by atoms with E-state index in [4.69, 9.17) is 0 Å². The quantitative estimate of drug-likeness (QED) is 0.583. The molecule has 2 rings (SSSR count). The van der Waals surface area contributed by atoms with Gasteiger partial charge in [0.2, 0.25) is 0 Å². The third-order valence-corrected chi connectivity index (χ3v) is 4.07. The minimum absolute atomic E-state index is 0.255. The average molecular weight is 234 g/mol. The van der Waals surface area contributed by atoms with Crippen LogP contribution in [0.25, 0.3) is 0 Å². The number of aliphatic carboxylic acids is 1. The summed E-state index contributed by atoms with van der Waals surface area (Å²) in [4.78, 5) is 11.4. The van der Waals surface area contributed by atoms with Gasteiger partial charge in [0.1, 0.15) is 0 Å². The molecule has 0 aromatic carbocycles. The molecule has 0 heterocycles. The highest BCUT2D eigenvalue weighted by molar-refractivity contribution is 5.89. The lowest BCUT2D eigenvalue weighted by molar-refractivity contribution is -0.133. The fourth-order valence-corrected chi connectivity index (χ4v) is 3.23. The largest absolute Gasteiger partial charge is 0.478 e. The van der Waals surface area contributed by atoms with Gasteiger partial charge in [0.25, 0.3) is 0 Å². The van der Waals surface area contributed by atoms with Crippen molar-refractivity contribution < 1.29 is 9.90 Å². The van der Waals surface area contributed by atoms with E-state index in [0.29, 0.717) is 17.4 Å². The van der Waals surface area contributed by atoms with Crippen molar-refractivity contribution in [3.8, 4) is 0 Å². The minimum atomic E-state index is -0.732. The van der Waals surface area contributed by atoms with E-state index >= 15 is 0 Å². The lowest BCUT2D eigenvalue weighted by Crippen LogP contribution is -2.31. The molecule has 0 radical (unpaired) electrons. The van der Waals surface area contributed by atoms with E-state index < -0.39 is 5.97 Å². The van der Waals surface area contributed by atoms with E-state index in [1.54, 1.807) is 0 Å². The topological polar surface area (TPSA) is 37.3 Å². The molecule has 1 N–H and O–H groups in total. The summed E-state index contributed by atoms with van der Waals surface area (Å²) in [6.45, 7) is 8.17. The maximum Gasteiger partial charge on any atom is 0.332 e. The molecule has 1 fully saturated rings. The van der Waals surface area contributed by atoms with Gasteiger partial charge in [0.15, 0.2) is 0 Å². The molecule has 0 amide bonds. The Kier molecular flexibility index (Phi) is 2.92. The molecule has 0 saturated heterocycles. The zero-order valence-electron chi connectivity index (χ0n) is 11.2. The van der Waals surface area contributed by atoms with E-state index in [2.05, 4.69) is 13.0 Å². The molecule has 94 valence electrons. The summed E-state index contributed by atoms with van der Waals surface area (Å²) in [6, 6.07) is 0. The van der Waals surface area contributed by atoms with Gasteiger partial charge in [0, 0.05) is 11.5 Å². The molecule has 1 saturated carbocycles. The summed E-state index contributed by atoms with van der Waals surface area (Å²) < 4.78 is 0. The molecule has 2 aliphatic carbocycles. The van der Waals surface area contributed by atoms with Gasteiger partial charge in [-0.15, -0.1) is 0 Å². The maximum atomic E-state index is 11.4. The summed E-state index contributed by atoms with van der Waals surface area (Å²) in [6.07, 6.45) is 5.60. The first kappa shape index (κ1) is 12.4. The molecule has 0 bridgehead atoms. The fraction of sp³-hybridized carbons (Fsp3) is 0.667. The summed E-state index contributed by atoms with van der Waals surface area (Å²) in [5.74, 6) is 0.385. The van der Waals surface area contributed by atoms with Crippen LogP contribution >= 0.6 is 0 Å². The summed E-state index contributed by atoms with van der Waals surface area (Å²) in [5.41, 5.74) is 3.08. The first-order valence-electron chi connectivity index (χ1n) is 6.51. The number of hydrogen-bond acceptors (Lipinski definition) is 1. The van der Waals surface area contributed by atoms with Crippen molar-refractivity contribution in [2.45, 2.75) is 47.0 Å². The zero-order valence-corrected chi connectivity index (χ0v) is 11.2. The molecule has 2 atom stereocenters. The molecule has 2 nitrogen and oxygen atoms in total. The minimum Gasteiger partial charge on any atom is -0.478 e. The van der Waals surface area contributed by atoms with Crippen molar-refractivity contribution in [3.63, 3.8) is 0 Å². The number of carboxylic acid groups (broad SMARTS) is 1. The van der Waals surface area contributed by atoms with Gasteiger partial charge >= 0.3 is 5.97 Å². The molecule has 2 heteroatoms. The summed E-state index contributed by atoms with van der Waals surface area (Å²) in [5, 5.41) is 9.41. The zero-order chi connectivity index (χ0) is 12.8. The molecular formula is C15H22O2.